The van der Waals surface area contributed by atoms with Gasteiger partial charge in [0.25, 0.3) is 5.91 Å². The highest BCUT2D eigenvalue weighted by Crippen LogP contribution is 2.25. The van der Waals surface area contributed by atoms with Crippen LogP contribution in [-0.4, -0.2) is 23.7 Å². The lowest BCUT2D eigenvalue weighted by Crippen LogP contribution is -2.25. The number of carbonyl (C=O) groups is 1. The van der Waals surface area contributed by atoms with Gasteiger partial charge in [-0.05, 0) is 49.2 Å². The molecule has 6 nitrogen and oxygen atoms in total. The van der Waals surface area contributed by atoms with Gasteiger partial charge in [-0.15, -0.1) is 0 Å². The third-order valence-electron chi connectivity index (χ3n) is 3.85. The number of fused-ring (bicyclic) bond motifs is 1. The van der Waals surface area contributed by atoms with Crippen LogP contribution in [-0.2, 0) is 4.79 Å². The molecule has 0 fully saturated rings. The molecular weight excluding hydrogens is 316 g/mol. The van der Waals surface area contributed by atoms with Crippen LogP contribution in [0, 0.1) is 13.8 Å². The van der Waals surface area contributed by atoms with E-state index in [2.05, 4.69) is 15.5 Å². The van der Waals surface area contributed by atoms with Crippen molar-refractivity contribution >= 4 is 28.7 Å². The van der Waals surface area contributed by atoms with Crippen LogP contribution in [0.3, 0.4) is 0 Å². The first kappa shape index (κ1) is 16.6. The first-order valence-corrected chi connectivity index (χ1v) is 7.92. The van der Waals surface area contributed by atoms with E-state index in [9.17, 15) is 4.79 Å². The predicted molar refractivity (Wildman–Crippen MR) is 99.9 cm³/mol. The smallest absolute Gasteiger partial charge is 0.277 e. The molecule has 4 N–H and O–H groups in total. The Morgan fingerprint density at radius 3 is 2.80 bits per heavy atom. The summed E-state index contributed by atoms with van der Waals surface area (Å²) in [5.41, 5.74) is 12.7. The van der Waals surface area contributed by atoms with E-state index in [1.165, 1.54) is 0 Å². The number of hydrogen-bond acceptors (Lipinski definition) is 4. The first-order chi connectivity index (χ1) is 12.0. The van der Waals surface area contributed by atoms with E-state index in [1.807, 2.05) is 56.4 Å². The fourth-order valence-corrected chi connectivity index (χ4v) is 2.78. The maximum Gasteiger partial charge on any atom is 0.277 e. The number of rotatable bonds is 5. The SMILES string of the molecule is Cc1cc(N)cc(C)c1OCC(=O)N/N=C/c1cccc2[nH]ccc12. The zero-order chi connectivity index (χ0) is 17.8. The summed E-state index contributed by atoms with van der Waals surface area (Å²) in [5, 5.41) is 5.05. The number of nitrogen functional groups attached to an aromatic ring is 1. The van der Waals surface area contributed by atoms with E-state index in [-0.39, 0.29) is 12.5 Å². The number of hydrazone groups is 1. The number of aromatic amines is 1. The maximum atomic E-state index is 11.9. The molecule has 1 aromatic heterocycles. The van der Waals surface area contributed by atoms with E-state index in [0.29, 0.717) is 11.4 Å². The number of anilines is 1. The lowest BCUT2D eigenvalue weighted by atomic mass is 10.1. The molecule has 0 bridgehead atoms. The number of H-pyrrole nitrogens is 1. The molecule has 0 spiro atoms. The molecule has 0 atom stereocenters. The van der Waals surface area contributed by atoms with Gasteiger partial charge in [0.2, 0.25) is 0 Å². The van der Waals surface area contributed by atoms with Crippen LogP contribution in [0.2, 0.25) is 0 Å². The number of nitrogens with one attached hydrogen (secondary N) is 2. The summed E-state index contributed by atoms with van der Waals surface area (Å²) in [6, 6.07) is 11.4. The third kappa shape index (κ3) is 3.80. The second-order valence-corrected chi connectivity index (χ2v) is 5.85. The number of amides is 1. The summed E-state index contributed by atoms with van der Waals surface area (Å²) in [7, 11) is 0. The fraction of sp³-hybridized carbons (Fsp3) is 0.158. The van der Waals surface area contributed by atoms with Gasteiger partial charge in [-0.25, -0.2) is 5.43 Å². The van der Waals surface area contributed by atoms with Gasteiger partial charge in [0, 0.05) is 28.4 Å². The van der Waals surface area contributed by atoms with Crippen molar-refractivity contribution in [3.63, 3.8) is 0 Å². The average Bonchev–Trinajstić information content (AvgIpc) is 3.03. The molecule has 0 aliphatic heterocycles. The molecule has 6 heteroatoms. The first-order valence-electron chi connectivity index (χ1n) is 7.92. The number of carbonyl (C=O) groups excluding carboxylic acids is 1. The number of benzene rings is 2. The van der Waals surface area contributed by atoms with Crippen molar-refractivity contribution in [2.24, 2.45) is 5.10 Å². The number of aryl methyl sites for hydroxylation is 2. The molecule has 0 aliphatic rings. The zero-order valence-corrected chi connectivity index (χ0v) is 14.2. The van der Waals surface area contributed by atoms with Crippen LogP contribution in [0.4, 0.5) is 5.69 Å². The lowest BCUT2D eigenvalue weighted by molar-refractivity contribution is -0.123. The highest BCUT2D eigenvalue weighted by molar-refractivity contribution is 5.98. The van der Waals surface area contributed by atoms with Gasteiger partial charge >= 0.3 is 0 Å². The van der Waals surface area contributed by atoms with Crippen molar-refractivity contribution in [2.75, 3.05) is 12.3 Å². The summed E-state index contributed by atoms with van der Waals surface area (Å²) < 4.78 is 5.60. The van der Waals surface area contributed by atoms with Gasteiger partial charge in [0.1, 0.15) is 5.75 Å². The Bertz CT molecular complexity index is 920. The van der Waals surface area contributed by atoms with Crippen molar-refractivity contribution in [2.45, 2.75) is 13.8 Å². The zero-order valence-electron chi connectivity index (χ0n) is 14.2. The monoisotopic (exact) mass is 336 g/mol. The van der Waals surface area contributed by atoms with Crippen LogP contribution >= 0.6 is 0 Å². The van der Waals surface area contributed by atoms with Gasteiger partial charge in [0.05, 0.1) is 6.21 Å². The van der Waals surface area contributed by atoms with E-state index >= 15 is 0 Å². The molecule has 25 heavy (non-hydrogen) atoms. The third-order valence-corrected chi connectivity index (χ3v) is 3.85. The molecule has 1 amide bonds. The van der Waals surface area contributed by atoms with Gasteiger partial charge in [-0.3, -0.25) is 4.79 Å². The van der Waals surface area contributed by atoms with Gasteiger partial charge in [-0.2, -0.15) is 5.10 Å². The summed E-state index contributed by atoms with van der Waals surface area (Å²) in [6.45, 7) is 3.68. The number of ether oxygens (including phenoxy) is 1. The standard InChI is InChI=1S/C19H20N4O2/c1-12-8-15(20)9-13(2)19(12)25-11-18(24)23-22-10-14-4-3-5-17-16(14)6-7-21-17/h3-10,21H,11,20H2,1-2H3,(H,23,24)/b22-10+. The Morgan fingerprint density at radius 2 is 2.04 bits per heavy atom. The van der Waals surface area contributed by atoms with Crippen molar-refractivity contribution in [3.8, 4) is 5.75 Å². The molecule has 0 saturated heterocycles. The molecular formula is C19H20N4O2. The molecule has 0 aliphatic carbocycles. The average molecular weight is 336 g/mol. The largest absolute Gasteiger partial charge is 0.483 e. The minimum Gasteiger partial charge on any atom is -0.483 e. The van der Waals surface area contributed by atoms with Crippen molar-refractivity contribution < 1.29 is 9.53 Å². The minimum absolute atomic E-state index is 0.114. The lowest BCUT2D eigenvalue weighted by Gasteiger charge is -2.12. The topological polar surface area (TPSA) is 92.5 Å². The molecule has 0 radical (unpaired) electrons. The molecule has 3 rings (SSSR count). The molecule has 1 heterocycles. The number of aromatic nitrogens is 1. The number of hydrogen-bond donors (Lipinski definition) is 3. The highest BCUT2D eigenvalue weighted by atomic mass is 16.5. The van der Waals surface area contributed by atoms with E-state index in [4.69, 9.17) is 10.5 Å². The van der Waals surface area contributed by atoms with Gasteiger partial charge < -0.3 is 15.5 Å². The van der Waals surface area contributed by atoms with Crippen molar-refractivity contribution in [1.82, 2.24) is 10.4 Å². The molecule has 0 unspecified atom stereocenters. The Morgan fingerprint density at radius 1 is 1.28 bits per heavy atom. The van der Waals surface area contributed by atoms with Crippen molar-refractivity contribution in [3.05, 3.63) is 59.3 Å². The van der Waals surface area contributed by atoms with Crippen LogP contribution in [0.1, 0.15) is 16.7 Å². The van der Waals surface area contributed by atoms with E-state index in [0.717, 1.165) is 27.6 Å². The second kappa shape index (κ2) is 7.09. The number of nitrogens with zero attached hydrogens (tertiary/aromatic N) is 1. The van der Waals surface area contributed by atoms with Crippen LogP contribution in [0.15, 0.2) is 47.7 Å². The van der Waals surface area contributed by atoms with Gasteiger partial charge in [0.15, 0.2) is 6.61 Å². The summed E-state index contributed by atoms with van der Waals surface area (Å²) in [6.07, 6.45) is 3.49. The molecule has 3 aromatic rings. The van der Waals surface area contributed by atoms with E-state index < -0.39 is 0 Å². The normalized spacial score (nSPS) is 11.1. The highest BCUT2D eigenvalue weighted by Gasteiger charge is 2.08. The van der Waals surface area contributed by atoms with E-state index in [1.54, 1.807) is 6.21 Å². The minimum atomic E-state index is -0.326. The Kier molecular flexibility index (Phi) is 4.70. The second-order valence-electron chi connectivity index (χ2n) is 5.85. The molecule has 2 aromatic carbocycles. The van der Waals surface area contributed by atoms with Gasteiger partial charge in [-0.1, -0.05) is 12.1 Å². The Hall–Kier alpha value is -3.28. The summed E-state index contributed by atoms with van der Waals surface area (Å²) in [4.78, 5) is 15.1. The van der Waals surface area contributed by atoms with Crippen LogP contribution in [0.25, 0.3) is 10.9 Å². The molecule has 128 valence electrons. The Labute approximate surface area is 145 Å². The molecule has 0 saturated carbocycles. The fourth-order valence-electron chi connectivity index (χ4n) is 2.78. The van der Waals surface area contributed by atoms with Crippen molar-refractivity contribution in [1.29, 1.82) is 0 Å². The number of nitrogens with two attached hydrogens (primary N) is 1. The predicted octanol–water partition coefficient (Wildman–Crippen LogP) is 2.90. The quantitative estimate of drug-likeness (QED) is 0.380. The van der Waals surface area contributed by atoms with Crippen LogP contribution in [0.5, 0.6) is 5.75 Å². The maximum absolute atomic E-state index is 11.9. The van der Waals surface area contributed by atoms with Crippen LogP contribution < -0.4 is 15.9 Å². The summed E-state index contributed by atoms with van der Waals surface area (Å²) >= 11 is 0. The Balaban J connectivity index is 1.59. The summed E-state index contributed by atoms with van der Waals surface area (Å²) in [5.74, 6) is 0.346.